The van der Waals surface area contributed by atoms with Crippen molar-refractivity contribution >= 4 is 10.0 Å². The molecule has 0 aliphatic rings. The molecule has 0 aromatic carbocycles. The molecular weight excluding hydrogens is 242 g/mol. The monoisotopic (exact) mass is 255 g/mol. The van der Waals surface area contributed by atoms with Crippen LogP contribution in [0.25, 0.3) is 0 Å². The van der Waals surface area contributed by atoms with Crippen LogP contribution in [-0.2, 0) is 14.8 Å². The number of nitrogens with zero attached hydrogens (tertiary/aromatic N) is 3. The summed E-state index contributed by atoms with van der Waals surface area (Å²) in [6.45, 7) is 0.510. The van der Waals surface area contributed by atoms with Crippen molar-refractivity contribution in [3.05, 3.63) is 24.0 Å². The standard InChI is InChI=1S/C10H13N3O3S/c1-13(6-7-16-2)17(14,15)10-4-3-5-12-9(10)8-11/h3-5H,6-7H2,1-2H3. The maximum absolute atomic E-state index is 12.1. The molecular formula is C10H13N3O3S. The molecule has 0 atom stereocenters. The highest BCUT2D eigenvalue weighted by molar-refractivity contribution is 7.89. The lowest BCUT2D eigenvalue weighted by Gasteiger charge is -2.16. The summed E-state index contributed by atoms with van der Waals surface area (Å²) in [6, 6.07) is 4.61. The zero-order chi connectivity index (χ0) is 12.9. The van der Waals surface area contributed by atoms with Crippen molar-refractivity contribution in [2.24, 2.45) is 0 Å². The predicted molar refractivity (Wildman–Crippen MR) is 60.6 cm³/mol. The molecule has 1 rings (SSSR count). The summed E-state index contributed by atoms with van der Waals surface area (Å²) in [4.78, 5) is 3.65. The van der Waals surface area contributed by atoms with Gasteiger partial charge in [-0.15, -0.1) is 0 Å². The summed E-state index contributed by atoms with van der Waals surface area (Å²) >= 11 is 0. The molecule has 6 nitrogen and oxygen atoms in total. The highest BCUT2D eigenvalue weighted by Gasteiger charge is 2.24. The number of methoxy groups -OCH3 is 1. The maximum atomic E-state index is 12.1. The Kier molecular flexibility index (Phi) is 4.57. The van der Waals surface area contributed by atoms with Gasteiger partial charge in [-0.2, -0.15) is 9.57 Å². The topological polar surface area (TPSA) is 83.3 Å². The minimum atomic E-state index is -3.69. The van der Waals surface area contributed by atoms with E-state index >= 15 is 0 Å². The zero-order valence-electron chi connectivity index (χ0n) is 9.62. The van der Waals surface area contributed by atoms with E-state index in [-0.39, 0.29) is 23.7 Å². The number of sulfonamides is 1. The van der Waals surface area contributed by atoms with Gasteiger partial charge in [-0.3, -0.25) is 0 Å². The average molecular weight is 255 g/mol. The van der Waals surface area contributed by atoms with E-state index in [1.54, 1.807) is 6.07 Å². The SMILES string of the molecule is COCCN(C)S(=O)(=O)c1cccnc1C#N. The van der Waals surface area contributed by atoms with E-state index in [9.17, 15) is 8.42 Å². The molecule has 0 aliphatic heterocycles. The van der Waals surface area contributed by atoms with E-state index in [0.717, 1.165) is 4.31 Å². The highest BCUT2D eigenvalue weighted by atomic mass is 32.2. The minimum Gasteiger partial charge on any atom is -0.383 e. The molecule has 0 fully saturated rings. The van der Waals surface area contributed by atoms with Gasteiger partial charge in [-0.1, -0.05) is 0 Å². The molecule has 1 aromatic heterocycles. The fourth-order valence-electron chi connectivity index (χ4n) is 1.19. The summed E-state index contributed by atoms with van der Waals surface area (Å²) in [7, 11) is -0.761. The average Bonchev–Trinajstić information content (AvgIpc) is 2.35. The third-order valence-corrected chi connectivity index (χ3v) is 4.06. The molecule has 0 saturated carbocycles. The predicted octanol–water partition coefficient (Wildman–Crippen LogP) is 0.220. The normalized spacial score (nSPS) is 11.4. The van der Waals surface area contributed by atoms with Crippen LogP contribution < -0.4 is 0 Å². The minimum absolute atomic E-state index is 0.0823. The molecule has 92 valence electrons. The van der Waals surface area contributed by atoms with Gasteiger partial charge in [0.2, 0.25) is 10.0 Å². The molecule has 0 spiro atoms. The van der Waals surface area contributed by atoms with Crippen molar-refractivity contribution in [1.29, 1.82) is 5.26 Å². The largest absolute Gasteiger partial charge is 0.383 e. The van der Waals surface area contributed by atoms with Crippen LogP contribution in [0.15, 0.2) is 23.2 Å². The van der Waals surface area contributed by atoms with Gasteiger partial charge in [-0.05, 0) is 12.1 Å². The molecule has 0 N–H and O–H groups in total. The summed E-state index contributed by atoms with van der Waals surface area (Å²) in [5, 5.41) is 8.82. The van der Waals surface area contributed by atoms with Gasteiger partial charge in [0, 0.05) is 26.9 Å². The van der Waals surface area contributed by atoms with Gasteiger partial charge in [0.1, 0.15) is 11.0 Å². The van der Waals surface area contributed by atoms with Crippen LogP contribution in [0.3, 0.4) is 0 Å². The van der Waals surface area contributed by atoms with E-state index in [0.29, 0.717) is 0 Å². The Hall–Kier alpha value is -1.49. The first-order valence-corrected chi connectivity index (χ1v) is 6.28. The van der Waals surface area contributed by atoms with Crippen LogP contribution >= 0.6 is 0 Å². The molecule has 0 radical (unpaired) electrons. The Balaban J connectivity index is 3.10. The Bertz CT molecular complexity index is 522. The second kappa shape index (κ2) is 5.72. The lowest BCUT2D eigenvalue weighted by molar-refractivity contribution is 0.185. The molecule has 17 heavy (non-hydrogen) atoms. The Morgan fingerprint density at radius 2 is 2.29 bits per heavy atom. The highest BCUT2D eigenvalue weighted by Crippen LogP contribution is 2.16. The number of hydrogen-bond donors (Lipinski definition) is 0. The Morgan fingerprint density at radius 3 is 2.88 bits per heavy atom. The summed E-state index contributed by atoms with van der Waals surface area (Å²) < 4.78 is 30.1. The molecule has 0 unspecified atom stereocenters. The number of nitriles is 1. The molecule has 0 amide bonds. The Labute approximate surface area is 101 Å². The summed E-state index contributed by atoms with van der Waals surface area (Å²) in [5.74, 6) is 0. The summed E-state index contributed by atoms with van der Waals surface area (Å²) in [6.07, 6.45) is 1.38. The van der Waals surface area contributed by atoms with Crippen LogP contribution in [0.5, 0.6) is 0 Å². The van der Waals surface area contributed by atoms with E-state index in [1.165, 1.54) is 32.5 Å². The third kappa shape index (κ3) is 3.00. The molecule has 0 bridgehead atoms. The van der Waals surface area contributed by atoms with Gasteiger partial charge in [0.05, 0.1) is 6.61 Å². The first-order valence-electron chi connectivity index (χ1n) is 4.84. The second-order valence-corrected chi connectivity index (χ2v) is 5.29. The lowest BCUT2D eigenvalue weighted by atomic mass is 10.4. The van der Waals surface area contributed by atoms with Gasteiger partial charge >= 0.3 is 0 Å². The lowest BCUT2D eigenvalue weighted by Crippen LogP contribution is -2.30. The number of aromatic nitrogens is 1. The van der Waals surface area contributed by atoms with Gasteiger partial charge in [-0.25, -0.2) is 13.4 Å². The fraction of sp³-hybridized carbons (Fsp3) is 0.400. The van der Waals surface area contributed by atoms with E-state index < -0.39 is 10.0 Å². The van der Waals surface area contributed by atoms with Crippen molar-refractivity contribution in [2.45, 2.75) is 4.90 Å². The van der Waals surface area contributed by atoms with Crippen molar-refractivity contribution in [1.82, 2.24) is 9.29 Å². The van der Waals surface area contributed by atoms with E-state index in [4.69, 9.17) is 10.00 Å². The first kappa shape index (κ1) is 13.6. The number of likely N-dealkylation sites (N-methyl/N-ethyl adjacent to an activating group) is 1. The number of rotatable bonds is 5. The molecule has 1 heterocycles. The number of pyridine rings is 1. The van der Waals surface area contributed by atoms with Crippen molar-refractivity contribution in [3.8, 4) is 6.07 Å². The molecule has 0 saturated heterocycles. The van der Waals surface area contributed by atoms with Crippen molar-refractivity contribution < 1.29 is 13.2 Å². The van der Waals surface area contributed by atoms with Crippen LogP contribution in [-0.4, -0.2) is 45.0 Å². The van der Waals surface area contributed by atoms with Crippen molar-refractivity contribution in [3.63, 3.8) is 0 Å². The zero-order valence-corrected chi connectivity index (χ0v) is 10.4. The number of hydrogen-bond acceptors (Lipinski definition) is 5. The smallest absolute Gasteiger partial charge is 0.245 e. The van der Waals surface area contributed by atoms with Crippen LogP contribution in [0, 0.1) is 11.3 Å². The molecule has 7 heteroatoms. The first-order chi connectivity index (χ1) is 8.04. The third-order valence-electron chi connectivity index (χ3n) is 2.18. The Morgan fingerprint density at radius 1 is 1.59 bits per heavy atom. The second-order valence-electron chi connectivity index (χ2n) is 3.28. The van der Waals surface area contributed by atoms with E-state index in [1.807, 2.05) is 0 Å². The van der Waals surface area contributed by atoms with Gasteiger partial charge < -0.3 is 4.74 Å². The van der Waals surface area contributed by atoms with E-state index in [2.05, 4.69) is 4.98 Å². The van der Waals surface area contributed by atoms with Crippen LogP contribution in [0.1, 0.15) is 5.69 Å². The molecule has 1 aromatic rings. The van der Waals surface area contributed by atoms with Crippen LogP contribution in [0.2, 0.25) is 0 Å². The number of ether oxygens (including phenoxy) is 1. The maximum Gasteiger partial charge on any atom is 0.245 e. The van der Waals surface area contributed by atoms with Crippen LogP contribution in [0.4, 0.5) is 0 Å². The van der Waals surface area contributed by atoms with Gasteiger partial charge in [0.15, 0.2) is 5.69 Å². The summed E-state index contributed by atoms with van der Waals surface area (Å²) in [5.41, 5.74) is -0.100. The quantitative estimate of drug-likeness (QED) is 0.751. The van der Waals surface area contributed by atoms with Crippen molar-refractivity contribution in [2.75, 3.05) is 27.3 Å². The fourth-order valence-corrected chi connectivity index (χ4v) is 2.43. The van der Waals surface area contributed by atoms with Gasteiger partial charge in [0.25, 0.3) is 0 Å². The molecule has 0 aliphatic carbocycles.